The zero-order chi connectivity index (χ0) is 11.8. The number of hydrogen-bond acceptors (Lipinski definition) is 4. The van der Waals surface area contributed by atoms with Gasteiger partial charge in [-0.05, 0) is 37.3 Å². The summed E-state index contributed by atoms with van der Waals surface area (Å²) in [5.41, 5.74) is 13.3. The molecule has 1 saturated heterocycles. The van der Waals surface area contributed by atoms with E-state index in [0.717, 1.165) is 25.0 Å². The highest BCUT2D eigenvalue weighted by Crippen LogP contribution is 2.36. The second-order valence-corrected chi connectivity index (χ2v) is 5.00. The topological polar surface area (TPSA) is 63.0 Å². The normalized spacial score (nSPS) is 36.8. The van der Waals surface area contributed by atoms with Gasteiger partial charge in [0.05, 0.1) is 11.7 Å². The lowest BCUT2D eigenvalue weighted by atomic mass is 9.78. The van der Waals surface area contributed by atoms with E-state index in [2.05, 4.69) is 15.8 Å². The van der Waals surface area contributed by atoms with Crippen molar-refractivity contribution in [2.75, 3.05) is 0 Å². The molecule has 2 fully saturated rings. The molecule has 0 amide bonds. The van der Waals surface area contributed by atoms with Gasteiger partial charge in [-0.3, -0.25) is 5.43 Å². The van der Waals surface area contributed by atoms with E-state index in [0.29, 0.717) is 12.0 Å². The first kappa shape index (κ1) is 11.1. The standard InChI is InChI=1S/C12H17FN4/c13-11-3-1-2-10(15-11)12-8-6-7(14)4-5-9(8)16-17-12/h1-3,7-9,12,16-17H,4-6,14H2. The van der Waals surface area contributed by atoms with Gasteiger partial charge in [0.1, 0.15) is 0 Å². The molecule has 0 aromatic carbocycles. The average molecular weight is 236 g/mol. The molecule has 0 bridgehead atoms. The van der Waals surface area contributed by atoms with E-state index in [4.69, 9.17) is 5.73 Å². The Hall–Kier alpha value is -1.04. The lowest BCUT2D eigenvalue weighted by Crippen LogP contribution is -2.39. The Kier molecular flexibility index (Phi) is 2.82. The number of fused-ring (bicyclic) bond motifs is 1. The van der Waals surface area contributed by atoms with Crippen molar-refractivity contribution in [2.24, 2.45) is 11.7 Å². The van der Waals surface area contributed by atoms with Gasteiger partial charge in [0, 0.05) is 12.1 Å². The summed E-state index contributed by atoms with van der Waals surface area (Å²) in [4.78, 5) is 3.96. The summed E-state index contributed by atoms with van der Waals surface area (Å²) < 4.78 is 13.1. The summed E-state index contributed by atoms with van der Waals surface area (Å²) in [7, 11) is 0. The zero-order valence-electron chi connectivity index (χ0n) is 9.57. The van der Waals surface area contributed by atoms with Gasteiger partial charge in [-0.1, -0.05) is 6.07 Å². The number of hydrogen-bond donors (Lipinski definition) is 3. The van der Waals surface area contributed by atoms with Crippen LogP contribution in [-0.2, 0) is 0 Å². The SMILES string of the molecule is NC1CCC2NNC(c3cccc(F)n3)C2C1. The number of halogens is 1. The van der Waals surface area contributed by atoms with E-state index in [1.54, 1.807) is 6.07 Å². The first-order valence-corrected chi connectivity index (χ1v) is 6.13. The average Bonchev–Trinajstić information content (AvgIpc) is 2.71. The molecule has 0 spiro atoms. The Morgan fingerprint density at radius 1 is 1.29 bits per heavy atom. The van der Waals surface area contributed by atoms with E-state index >= 15 is 0 Å². The van der Waals surface area contributed by atoms with E-state index in [9.17, 15) is 4.39 Å². The van der Waals surface area contributed by atoms with Crippen LogP contribution in [0.3, 0.4) is 0 Å². The largest absolute Gasteiger partial charge is 0.328 e. The molecule has 1 aromatic heterocycles. The summed E-state index contributed by atoms with van der Waals surface area (Å²) in [5.74, 6) is -0.0130. The third kappa shape index (κ3) is 2.06. The lowest BCUT2D eigenvalue weighted by molar-refractivity contribution is 0.276. The van der Waals surface area contributed by atoms with Crippen LogP contribution in [0.15, 0.2) is 18.2 Å². The Labute approximate surface area is 99.8 Å². The molecule has 4 nitrogen and oxygen atoms in total. The van der Waals surface area contributed by atoms with Gasteiger partial charge in [0.2, 0.25) is 5.95 Å². The number of aromatic nitrogens is 1. The second-order valence-electron chi connectivity index (χ2n) is 5.00. The summed E-state index contributed by atoms with van der Waals surface area (Å²) in [5, 5.41) is 0. The number of pyridine rings is 1. The molecule has 1 saturated carbocycles. The Morgan fingerprint density at radius 2 is 2.18 bits per heavy atom. The number of hydrazine groups is 1. The molecule has 1 aromatic rings. The molecule has 92 valence electrons. The number of nitrogens with one attached hydrogen (secondary N) is 2. The minimum Gasteiger partial charge on any atom is -0.328 e. The van der Waals surface area contributed by atoms with Crippen LogP contribution in [-0.4, -0.2) is 17.1 Å². The van der Waals surface area contributed by atoms with Crippen molar-refractivity contribution in [1.29, 1.82) is 0 Å². The maximum absolute atomic E-state index is 13.1. The number of nitrogens with two attached hydrogens (primary N) is 1. The van der Waals surface area contributed by atoms with E-state index < -0.39 is 5.95 Å². The molecule has 4 N–H and O–H groups in total. The molecule has 2 aliphatic rings. The third-order valence-corrected chi connectivity index (χ3v) is 3.85. The number of nitrogens with zero attached hydrogens (tertiary/aromatic N) is 1. The molecule has 1 aliphatic heterocycles. The van der Waals surface area contributed by atoms with Gasteiger partial charge in [-0.25, -0.2) is 10.4 Å². The quantitative estimate of drug-likeness (QED) is 0.633. The summed E-state index contributed by atoms with van der Waals surface area (Å²) >= 11 is 0. The Balaban J connectivity index is 1.84. The lowest BCUT2D eigenvalue weighted by Gasteiger charge is -2.30. The molecular formula is C12H17FN4. The third-order valence-electron chi connectivity index (χ3n) is 3.85. The first-order chi connectivity index (χ1) is 8.24. The highest BCUT2D eigenvalue weighted by molar-refractivity contribution is 5.14. The smallest absolute Gasteiger partial charge is 0.213 e. The summed E-state index contributed by atoms with van der Waals surface area (Å²) in [6.07, 6.45) is 3.09. The van der Waals surface area contributed by atoms with Crippen molar-refractivity contribution in [3.63, 3.8) is 0 Å². The van der Waals surface area contributed by atoms with E-state index in [-0.39, 0.29) is 12.1 Å². The predicted octanol–water partition coefficient (Wildman–Crippen LogP) is 0.866. The van der Waals surface area contributed by atoms with Gasteiger partial charge in [-0.2, -0.15) is 4.39 Å². The molecule has 5 heteroatoms. The highest BCUT2D eigenvalue weighted by atomic mass is 19.1. The molecule has 0 radical (unpaired) electrons. The minimum atomic E-state index is -0.423. The fourth-order valence-corrected chi connectivity index (χ4v) is 2.98. The van der Waals surface area contributed by atoms with Crippen LogP contribution >= 0.6 is 0 Å². The fraction of sp³-hybridized carbons (Fsp3) is 0.583. The first-order valence-electron chi connectivity index (χ1n) is 6.13. The van der Waals surface area contributed by atoms with E-state index in [1.807, 2.05) is 6.07 Å². The van der Waals surface area contributed by atoms with Crippen molar-refractivity contribution in [2.45, 2.75) is 37.4 Å². The molecule has 4 atom stereocenters. The molecular weight excluding hydrogens is 219 g/mol. The Morgan fingerprint density at radius 3 is 3.00 bits per heavy atom. The van der Waals surface area contributed by atoms with E-state index in [1.165, 1.54) is 6.07 Å². The van der Waals surface area contributed by atoms with Crippen LogP contribution < -0.4 is 16.6 Å². The minimum absolute atomic E-state index is 0.0713. The Bertz CT molecular complexity index is 411. The van der Waals surface area contributed by atoms with Crippen LogP contribution in [0.25, 0.3) is 0 Å². The highest BCUT2D eigenvalue weighted by Gasteiger charge is 2.40. The molecule has 17 heavy (non-hydrogen) atoms. The fourth-order valence-electron chi connectivity index (χ4n) is 2.98. The van der Waals surface area contributed by atoms with Crippen LogP contribution in [0.2, 0.25) is 0 Å². The van der Waals surface area contributed by atoms with Crippen LogP contribution in [0.4, 0.5) is 4.39 Å². The van der Waals surface area contributed by atoms with Gasteiger partial charge < -0.3 is 5.73 Å². The van der Waals surface area contributed by atoms with Gasteiger partial charge in [0.25, 0.3) is 0 Å². The number of rotatable bonds is 1. The van der Waals surface area contributed by atoms with Crippen LogP contribution in [0.5, 0.6) is 0 Å². The molecule has 1 aliphatic carbocycles. The van der Waals surface area contributed by atoms with Crippen molar-refractivity contribution in [3.8, 4) is 0 Å². The van der Waals surface area contributed by atoms with Crippen molar-refractivity contribution in [1.82, 2.24) is 15.8 Å². The second kappa shape index (κ2) is 4.33. The summed E-state index contributed by atoms with van der Waals surface area (Å²) in [6, 6.07) is 5.71. The molecule has 2 heterocycles. The maximum Gasteiger partial charge on any atom is 0.213 e. The van der Waals surface area contributed by atoms with Crippen molar-refractivity contribution >= 4 is 0 Å². The monoisotopic (exact) mass is 236 g/mol. The van der Waals surface area contributed by atoms with Crippen LogP contribution in [0, 0.1) is 11.9 Å². The van der Waals surface area contributed by atoms with Gasteiger partial charge in [-0.15, -0.1) is 0 Å². The van der Waals surface area contributed by atoms with Gasteiger partial charge >= 0.3 is 0 Å². The predicted molar refractivity (Wildman–Crippen MR) is 62.3 cm³/mol. The van der Waals surface area contributed by atoms with Crippen LogP contribution in [0.1, 0.15) is 31.0 Å². The summed E-state index contributed by atoms with van der Waals surface area (Å²) in [6.45, 7) is 0. The molecule has 4 unspecified atom stereocenters. The van der Waals surface area contributed by atoms with Crippen molar-refractivity contribution in [3.05, 3.63) is 29.8 Å². The maximum atomic E-state index is 13.1. The zero-order valence-corrected chi connectivity index (χ0v) is 9.57. The molecule has 3 rings (SSSR count). The van der Waals surface area contributed by atoms with Gasteiger partial charge in [0.15, 0.2) is 0 Å². The van der Waals surface area contributed by atoms with Crippen molar-refractivity contribution < 1.29 is 4.39 Å².